The molecule has 1 aromatic carbocycles. The SMILES string of the molecule is COCCCCN1CCN(C(=O)c2cc3c(cc2C)[nH]c(=O)c2cnn(C4CCC4)c23)C[C@@H]1C. The van der Waals surface area contributed by atoms with Crippen molar-refractivity contribution >= 4 is 27.7 Å². The van der Waals surface area contributed by atoms with E-state index in [1.807, 2.05) is 28.6 Å². The number of carbonyl (C=O) groups is 1. The van der Waals surface area contributed by atoms with E-state index in [1.165, 1.54) is 6.42 Å². The number of fused-ring (bicyclic) bond motifs is 3. The molecular formula is C26H35N5O3. The molecule has 3 aromatic rings. The van der Waals surface area contributed by atoms with Gasteiger partial charge in [0.15, 0.2) is 0 Å². The Bertz CT molecular complexity index is 1260. The number of unbranched alkanes of at least 4 members (excludes halogenated alkanes) is 1. The average Bonchev–Trinajstić information content (AvgIpc) is 3.21. The van der Waals surface area contributed by atoms with Gasteiger partial charge in [-0.3, -0.25) is 19.2 Å². The molecule has 1 atom stereocenters. The average molecular weight is 466 g/mol. The van der Waals surface area contributed by atoms with Crippen LogP contribution in [0, 0.1) is 6.92 Å². The number of aryl methyl sites for hydroxylation is 1. The van der Waals surface area contributed by atoms with Gasteiger partial charge >= 0.3 is 0 Å². The number of aromatic nitrogens is 3. The van der Waals surface area contributed by atoms with E-state index in [9.17, 15) is 9.59 Å². The third-order valence-electron chi connectivity index (χ3n) is 7.65. The maximum atomic E-state index is 13.6. The molecule has 8 heteroatoms. The largest absolute Gasteiger partial charge is 0.385 e. The molecule has 182 valence electrons. The molecule has 3 heterocycles. The van der Waals surface area contributed by atoms with Crippen molar-refractivity contribution in [3.8, 4) is 0 Å². The molecule has 1 N–H and O–H groups in total. The minimum atomic E-state index is -0.123. The number of benzene rings is 1. The number of nitrogens with one attached hydrogen (secondary N) is 1. The van der Waals surface area contributed by atoms with Gasteiger partial charge in [0, 0.05) is 50.3 Å². The Labute approximate surface area is 199 Å². The lowest BCUT2D eigenvalue weighted by Gasteiger charge is -2.40. The van der Waals surface area contributed by atoms with Gasteiger partial charge in [-0.2, -0.15) is 5.10 Å². The molecule has 0 bridgehead atoms. The van der Waals surface area contributed by atoms with Crippen LogP contribution in [-0.4, -0.2) is 76.4 Å². The zero-order chi connectivity index (χ0) is 23.8. The van der Waals surface area contributed by atoms with Gasteiger partial charge in [0.1, 0.15) is 0 Å². The van der Waals surface area contributed by atoms with Gasteiger partial charge in [0.25, 0.3) is 11.5 Å². The molecular weight excluding hydrogens is 430 g/mol. The van der Waals surface area contributed by atoms with Crippen LogP contribution < -0.4 is 5.56 Å². The first-order chi connectivity index (χ1) is 16.5. The van der Waals surface area contributed by atoms with Crippen LogP contribution >= 0.6 is 0 Å². The van der Waals surface area contributed by atoms with Gasteiger partial charge in [-0.1, -0.05) is 0 Å². The molecule has 1 aliphatic heterocycles. The van der Waals surface area contributed by atoms with Crippen molar-refractivity contribution in [1.82, 2.24) is 24.6 Å². The lowest BCUT2D eigenvalue weighted by Crippen LogP contribution is -2.53. The van der Waals surface area contributed by atoms with E-state index in [-0.39, 0.29) is 11.5 Å². The number of amides is 1. The Balaban J connectivity index is 1.42. The fourth-order valence-corrected chi connectivity index (χ4v) is 5.38. The Kier molecular flexibility index (Phi) is 6.44. The fraction of sp³-hybridized carbons (Fsp3) is 0.577. The summed E-state index contributed by atoms with van der Waals surface area (Å²) in [7, 11) is 1.74. The highest BCUT2D eigenvalue weighted by Gasteiger charge is 2.29. The standard InChI is InChI=1S/C26H35N5O3/c1-17-13-23-21(24-22(25(32)28-23)15-27-31(24)19-7-6-8-19)14-20(17)26(33)30-11-10-29(18(2)16-30)9-4-5-12-34-3/h13-15,18-19H,4-12,16H2,1-3H3,(H,28,32)/t18-/m0/s1. The topological polar surface area (TPSA) is 83.5 Å². The third-order valence-corrected chi connectivity index (χ3v) is 7.65. The minimum Gasteiger partial charge on any atom is -0.385 e. The molecule has 2 aromatic heterocycles. The maximum absolute atomic E-state index is 13.6. The number of hydrogen-bond acceptors (Lipinski definition) is 5. The summed E-state index contributed by atoms with van der Waals surface area (Å²) in [5.74, 6) is 0.0688. The van der Waals surface area contributed by atoms with E-state index in [0.29, 0.717) is 23.0 Å². The summed E-state index contributed by atoms with van der Waals surface area (Å²) in [6.45, 7) is 8.33. The van der Waals surface area contributed by atoms with Crippen LogP contribution in [0.2, 0.25) is 0 Å². The first kappa shape index (κ1) is 23.1. The highest BCUT2D eigenvalue weighted by Crippen LogP contribution is 2.35. The number of rotatable bonds is 7. The maximum Gasteiger partial charge on any atom is 0.259 e. The summed E-state index contributed by atoms with van der Waals surface area (Å²) >= 11 is 0. The van der Waals surface area contributed by atoms with Gasteiger partial charge in [-0.25, -0.2) is 0 Å². The van der Waals surface area contributed by atoms with E-state index in [2.05, 4.69) is 21.9 Å². The monoisotopic (exact) mass is 465 g/mol. The molecule has 2 aliphatic rings. The first-order valence-electron chi connectivity index (χ1n) is 12.5. The second-order valence-corrected chi connectivity index (χ2v) is 9.94. The summed E-state index contributed by atoms with van der Waals surface area (Å²) in [4.78, 5) is 33.8. The number of nitrogens with zero attached hydrogens (tertiary/aromatic N) is 4. The Morgan fingerprint density at radius 3 is 2.74 bits per heavy atom. The number of pyridine rings is 1. The summed E-state index contributed by atoms with van der Waals surface area (Å²) < 4.78 is 7.16. The van der Waals surface area contributed by atoms with E-state index in [1.54, 1.807) is 13.3 Å². The van der Waals surface area contributed by atoms with E-state index < -0.39 is 0 Å². The van der Waals surface area contributed by atoms with Crippen molar-refractivity contribution < 1.29 is 9.53 Å². The van der Waals surface area contributed by atoms with Crippen LogP contribution in [-0.2, 0) is 4.74 Å². The highest BCUT2D eigenvalue weighted by atomic mass is 16.5. The molecule has 1 amide bonds. The number of methoxy groups -OCH3 is 1. The highest BCUT2D eigenvalue weighted by molar-refractivity contribution is 6.07. The second kappa shape index (κ2) is 9.50. The molecule has 0 unspecified atom stereocenters. The lowest BCUT2D eigenvalue weighted by molar-refractivity contribution is 0.0505. The molecule has 0 radical (unpaired) electrons. The summed E-state index contributed by atoms with van der Waals surface area (Å²) in [6, 6.07) is 4.57. The zero-order valence-corrected chi connectivity index (χ0v) is 20.5. The number of ether oxygens (including phenoxy) is 1. The summed E-state index contributed by atoms with van der Waals surface area (Å²) in [6.07, 6.45) is 7.19. The molecule has 1 saturated heterocycles. The van der Waals surface area contributed by atoms with Crippen molar-refractivity contribution in [1.29, 1.82) is 0 Å². The number of H-pyrrole nitrogens is 1. The molecule has 1 aliphatic carbocycles. The number of hydrogen-bond donors (Lipinski definition) is 1. The van der Waals surface area contributed by atoms with Gasteiger partial charge in [0.05, 0.1) is 28.7 Å². The fourth-order valence-electron chi connectivity index (χ4n) is 5.38. The first-order valence-corrected chi connectivity index (χ1v) is 12.5. The van der Waals surface area contributed by atoms with Crippen LogP contribution in [0.15, 0.2) is 23.1 Å². The predicted octanol–water partition coefficient (Wildman–Crippen LogP) is 3.48. The van der Waals surface area contributed by atoms with Gasteiger partial charge in [-0.05, 0) is 70.2 Å². The van der Waals surface area contributed by atoms with Crippen LogP contribution in [0.5, 0.6) is 0 Å². The quantitative estimate of drug-likeness (QED) is 0.540. The van der Waals surface area contributed by atoms with Crippen LogP contribution in [0.3, 0.4) is 0 Å². The molecule has 0 spiro atoms. The van der Waals surface area contributed by atoms with Crippen LogP contribution in [0.4, 0.5) is 0 Å². The van der Waals surface area contributed by atoms with Crippen LogP contribution in [0.1, 0.15) is 61.0 Å². The van der Waals surface area contributed by atoms with Crippen molar-refractivity contribution in [2.75, 3.05) is 39.9 Å². The molecule has 5 rings (SSSR count). The molecule has 1 saturated carbocycles. The van der Waals surface area contributed by atoms with Crippen molar-refractivity contribution in [3.05, 3.63) is 39.8 Å². The minimum absolute atomic E-state index is 0.0688. The van der Waals surface area contributed by atoms with E-state index >= 15 is 0 Å². The van der Waals surface area contributed by atoms with E-state index in [0.717, 1.165) is 80.5 Å². The van der Waals surface area contributed by atoms with Gasteiger partial charge in [0.2, 0.25) is 0 Å². The van der Waals surface area contributed by atoms with Crippen molar-refractivity contribution in [2.45, 2.75) is 58.0 Å². The normalized spacial score (nSPS) is 19.7. The molecule has 2 fully saturated rings. The van der Waals surface area contributed by atoms with E-state index in [4.69, 9.17) is 4.74 Å². The Hall–Kier alpha value is -2.71. The predicted molar refractivity (Wildman–Crippen MR) is 134 cm³/mol. The summed E-state index contributed by atoms with van der Waals surface area (Å²) in [5.41, 5.74) is 3.09. The summed E-state index contributed by atoms with van der Waals surface area (Å²) in [5, 5.41) is 6.05. The van der Waals surface area contributed by atoms with Gasteiger partial charge in [-0.15, -0.1) is 0 Å². The van der Waals surface area contributed by atoms with Gasteiger partial charge < -0.3 is 14.6 Å². The number of piperazine rings is 1. The molecule has 34 heavy (non-hydrogen) atoms. The third kappa shape index (κ3) is 4.14. The lowest BCUT2D eigenvalue weighted by atomic mass is 9.93. The Morgan fingerprint density at radius 1 is 1.21 bits per heavy atom. The zero-order valence-electron chi connectivity index (χ0n) is 20.5. The smallest absolute Gasteiger partial charge is 0.259 e. The van der Waals surface area contributed by atoms with Crippen molar-refractivity contribution in [2.24, 2.45) is 0 Å². The number of aromatic amines is 1. The number of carbonyl (C=O) groups excluding carboxylic acids is 1. The van der Waals surface area contributed by atoms with Crippen molar-refractivity contribution in [3.63, 3.8) is 0 Å². The Morgan fingerprint density at radius 2 is 2.03 bits per heavy atom. The van der Waals surface area contributed by atoms with Crippen LogP contribution in [0.25, 0.3) is 21.8 Å². The molecule has 8 nitrogen and oxygen atoms in total. The second-order valence-electron chi connectivity index (χ2n) is 9.94.